The maximum atomic E-state index is 13.4. The van der Waals surface area contributed by atoms with Gasteiger partial charge < -0.3 is 10.1 Å². The molecule has 4 heteroatoms. The van der Waals surface area contributed by atoms with Crippen molar-refractivity contribution in [2.24, 2.45) is 0 Å². The standard InChI is InChI=1S/C15H15F2NO/c1-2-18-10-11-3-6-13(7-4-11)19-15-9-12(16)5-8-14(15)17/h3-9,18H,2,10H2,1H3. The first-order chi connectivity index (χ1) is 9.19. The van der Waals surface area contributed by atoms with Gasteiger partial charge in [-0.1, -0.05) is 19.1 Å². The third-order valence-corrected chi connectivity index (χ3v) is 2.62. The molecule has 0 spiro atoms. The average Bonchev–Trinajstić information content (AvgIpc) is 2.42. The van der Waals surface area contributed by atoms with E-state index in [0.29, 0.717) is 5.75 Å². The Labute approximate surface area is 111 Å². The topological polar surface area (TPSA) is 21.3 Å². The van der Waals surface area contributed by atoms with Gasteiger partial charge in [0.2, 0.25) is 0 Å². The van der Waals surface area contributed by atoms with Gasteiger partial charge in [-0.2, -0.15) is 0 Å². The smallest absolute Gasteiger partial charge is 0.165 e. The fraction of sp³-hybridized carbons (Fsp3) is 0.200. The molecule has 1 N–H and O–H groups in total. The van der Waals surface area contributed by atoms with Crippen molar-refractivity contribution < 1.29 is 13.5 Å². The van der Waals surface area contributed by atoms with Crippen molar-refractivity contribution in [2.75, 3.05) is 6.54 Å². The van der Waals surface area contributed by atoms with Crippen LogP contribution in [0.4, 0.5) is 8.78 Å². The second-order valence-corrected chi connectivity index (χ2v) is 4.10. The molecule has 0 saturated heterocycles. The van der Waals surface area contributed by atoms with Crippen molar-refractivity contribution in [1.29, 1.82) is 0 Å². The summed E-state index contributed by atoms with van der Waals surface area (Å²) >= 11 is 0. The van der Waals surface area contributed by atoms with Gasteiger partial charge in [-0.3, -0.25) is 0 Å². The Morgan fingerprint density at radius 2 is 1.79 bits per heavy atom. The minimum atomic E-state index is -0.585. The van der Waals surface area contributed by atoms with Crippen molar-refractivity contribution >= 4 is 0 Å². The molecule has 0 radical (unpaired) electrons. The van der Waals surface area contributed by atoms with Gasteiger partial charge in [0.05, 0.1) is 0 Å². The second kappa shape index (κ2) is 6.29. The van der Waals surface area contributed by atoms with Crippen LogP contribution in [-0.2, 0) is 6.54 Å². The molecule has 0 saturated carbocycles. The van der Waals surface area contributed by atoms with Crippen LogP contribution >= 0.6 is 0 Å². The second-order valence-electron chi connectivity index (χ2n) is 4.10. The fourth-order valence-electron chi connectivity index (χ4n) is 1.63. The van der Waals surface area contributed by atoms with Gasteiger partial charge in [0.1, 0.15) is 11.6 Å². The lowest BCUT2D eigenvalue weighted by atomic mass is 10.2. The molecule has 0 aliphatic rings. The quantitative estimate of drug-likeness (QED) is 0.884. The molecule has 2 aromatic rings. The van der Waals surface area contributed by atoms with E-state index >= 15 is 0 Å². The van der Waals surface area contributed by atoms with Crippen LogP contribution in [0.5, 0.6) is 11.5 Å². The summed E-state index contributed by atoms with van der Waals surface area (Å²) in [4.78, 5) is 0. The predicted octanol–water partition coefficient (Wildman–Crippen LogP) is 3.87. The van der Waals surface area contributed by atoms with Gasteiger partial charge in [0.15, 0.2) is 11.6 Å². The van der Waals surface area contributed by atoms with Crippen LogP contribution in [0.25, 0.3) is 0 Å². The number of hydrogen-bond donors (Lipinski definition) is 1. The third kappa shape index (κ3) is 3.76. The highest BCUT2D eigenvalue weighted by Gasteiger charge is 2.06. The van der Waals surface area contributed by atoms with Crippen LogP contribution < -0.4 is 10.1 Å². The monoisotopic (exact) mass is 263 g/mol. The van der Waals surface area contributed by atoms with E-state index in [1.807, 2.05) is 19.1 Å². The fourth-order valence-corrected chi connectivity index (χ4v) is 1.63. The first-order valence-corrected chi connectivity index (χ1v) is 6.11. The summed E-state index contributed by atoms with van der Waals surface area (Å²) in [6, 6.07) is 10.4. The van der Waals surface area contributed by atoms with E-state index in [1.54, 1.807) is 12.1 Å². The Morgan fingerprint density at radius 1 is 1.05 bits per heavy atom. The molecule has 0 fully saturated rings. The highest BCUT2D eigenvalue weighted by atomic mass is 19.1. The third-order valence-electron chi connectivity index (χ3n) is 2.62. The highest BCUT2D eigenvalue weighted by Crippen LogP contribution is 2.25. The lowest BCUT2D eigenvalue weighted by molar-refractivity contribution is 0.436. The summed E-state index contributed by atoms with van der Waals surface area (Å²) in [5, 5.41) is 3.20. The zero-order chi connectivity index (χ0) is 13.7. The van der Waals surface area contributed by atoms with E-state index in [4.69, 9.17) is 4.74 Å². The Bertz CT molecular complexity index is 540. The minimum Gasteiger partial charge on any atom is -0.454 e. The molecule has 19 heavy (non-hydrogen) atoms. The maximum absolute atomic E-state index is 13.4. The Balaban J connectivity index is 2.08. The van der Waals surface area contributed by atoms with E-state index in [1.165, 1.54) is 0 Å². The zero-order valence-corrected chi connectivity index (χ0v) is 10.6. The molecular formula is C15H15F2NO. The SMILES string of the molecule is CCNCc1ccc(Oc2cc(F)ccc2F)cc1. The first-order valence-electron chi connectivity index (χ1n) is 6.11. The van der Waals surface area contributed by atoms with Crippen LogP contribution in [0.3, 0.4) is 0 Å². The van der Waals surface area contributed by atoms with E-state index in [-0.39, 0.29) is 5.75 Å². The number of nitrogens with one attached hydrogen (secondary N) is 1. The van der Waals surface area contributed by atoms with Crippen molar-refractivity contribution in [3.63, 3.8) is 0 Å². The van der Waals surface area contributed by atoms with Crippen LogP contribution in [0.1, 0.15) is 12.5 Å². The Hall–Kier alpha value is -1.94. The maximum Gasteiger partial charge on any atom is 0.165 e. The molecule has 2 nitrogen and oxygen atoms in total. The van der Waals surface area contributed by atoms with Gasteiger partial charge >= 0.3 is 0 Å². The summed E-state index contributed by atoms with van der Waals surface area (Å²) < 4.78 is 31.7. The van der Waals surface area contributed by atoms with Crippen molar-refractivity contribution in [2.45, 2.75) is 13.5 Å². The van der Waals surface area contributed by atoms with Crippen molar-refractivity contribution in [3.05, 3.63) is 59.7 Å². The van der Waals surface area contributed by atoms with Crippen LogP contribution in [0, 0.1) is 11.6 Å². The molecule has 2 rings (SSSR count). The highest BCUT2D eigenvalue weighted by molar-refractivity contribution is 5.34. The molecular weight excluding hydrogens is 248 g/mol. The van der Waals surface area contributed by atoms with E-state index in [2.05, 4.69) is 5.32 Å². The van der Waals surface area contributed by atoms with Gasteiger partial charge in [0.25, 0.3) is 0 Å². The molecule has 0 heterocycles. The van der Waals surface area contributed by atoms with Crippen molar-refractivity contribution in [3.8, 4) is 11.5 Å². The lowest BCUT2D eigenvalue weighted by Crippen LogP contribution is -2.11. The minimum absolute atomic E-state index is 0.112. The number of benzene rings is 2. The van der Waals surface area contributed by atoms with E-state index in [0.717, 1.165) is 36.9 Å². The van der Waals surface area contributed by atoms with Gasteiger partial charge in [0, 0.05) is 12.6 Å². The molecule has 0 aliphatic heterocycles. The normalized spacial score (nSPS) is 10.5. The molecule has 100 valence electrons. The number of rotatable bonds is 5. The van der Waals surface area contributed by atoms with Crippen LogP contribution in [0.15, 0.2) is 42.5 Å². The molecule has 0 amide bonds. The molecule has 0 aromatic heterocycles. The van der Waals surface area contributed by atoms with Gasteiger partial charge in [-0.25, -0.2) is 8.78 Å². The van der Waals surface area contributed by atoms with Gasteiger partial charge in [-0.15, -0.1) is 0 Å². The molecule has 2 aromatic carbocycles. The van der Waals surface area contributed by atoms with Crippen molar-refractivity contribution in [1.82, 2.24) is 5.32 Å². The Morgan fingerprint density at radius 3 is 2.47 bits per heavy atom. The van der Waals surface area contributed by atoms with Crippen LogP contribution in [0.2, 0.25) is 0 Å². The van der Waals surface area contributed by atoms with E-state index in [9.17, 15) is 8.78 Å². The summed E-state index contributed by atoms with van der Waals surface area (Å²) in [6.45, 7) is 3.70. The predicted molar refractivity (Wildman–Crippen MR) is 70.3 cm³/mol. The average molecular weight is 263 g/mol. The first kappa shape index (κ1) is 13.5. The summed E-state index contributed by atoms with van der Waals surface area (Å²) in [5.74, 6) is -0.748. The molecule has 0 atom stereocenters. The lowest BCUT2D eigenvalue weighted by Gasteiger charge is -2.08. The largest absolute Gasteiger partial charge is 0.454 e. The summed E-state index contributed by atoms with van der Waals surface area (Å²) in [7, 11) is 0. The molecule has 0 unspecified atom stereocenters. The van der Waals surface area contributed by atoms with Gasteiger partial charge in [-0.05, 0) is 36.4 Å². The Kier molecular flexibility index (Phi) is 4.47. The summed E-state index contributed by atoms with van der Waals surface area (Å²) in [5.41, 5.74) is 1.11. The zero-order valence-electron chi connectivity index (χ0n) is 10.6. The molecule has 0 aliphatic carbocycles. The van der Waals surface area contributed by atoms with E-state index < -0.39 is 11.6 Å². The number of halogens is 2. The summed E-state index contributed by atoms with van der Waals surface area (Å²) in [6.07, 6.45) is 0. The number of ether oxygens (including phenoxy) is 1. The van der Waals surface area contributed by atoms with Crippen LogP contribution in [-0.4, -0.2) is 6.54 Å². The molecule has 0 bridgehead atoms. The number of hydrogen-bond acceptors (Lipinski definition) is 2.